The predicted octanol–water partition coefficient (Wildman–Crippen LogP) is 4.50. The molecule has 1 aromatic carbocycles. The molecule has 0 bridgehead atoms. The lowest BCUT2D eigenvalue weighted by atomic mass is 9.96. The van der Waals surface area contributed by atoms with Gasteiger partial charge >= 0.3 is 0 Å². The maximum Gasteiger partial charge on any atom is 0.229 e. The van der Waals surface area contributed by atoms with E-state index in [4.69, 9.17) is 17.0 Å². The lowest BCUT2D eigenvalue weighted by Gasteiger charge is -2.29. The van der Waals surface area contributed by atoms with Crippen LogP contribution in [-0.4, -0.2) is 41.4 Å². The van der Waals surface area contributed by atoms with Crippen LogP contribution in [0.4, 0.5) is 11.4 Å². The molecule has 4 aromatic rings. The number of pyridine rings is 2. The smallest absolute Gasteiger partial charge is 0.229 e. The van der Waals surface area contributed by atoms with Crippen LogP contribution in [0.15, 0.2) is 73.2 Å². The van der Waals surface area contributed by atoms with Crippen molar-refractivity contribution in [2.45, 2.75) is 32.5 Å². The van der Waals surface area contributed by atoms with Crippen LogP contribution in [0.2, 0.25) is 0 Å². The van der Waals surface area contributed by atoms with Gasteiger partial charge in [-0.3, -0.25) is 14.7 Å². The summed E-state index contributed by atoms with van der Waals surface area (Å²) < 4.78 is 34.1. The third kappa shape index (κ3) is 5.45. The lowest BCUT2D eigenvalue weighted by Crippen LogP contribution is -2.29. The Hall–Kier alpha value is -3.96. The average Bonchev–Trinajstić information content (AvgIpc) is 3.40. The quantitative estimate of drug-likeness (QED) is 0.303. The number of aromatic nitrogens is 3. The van der Waals surface area contributed by atoms with E-state index in [-0.39, 0.29) is 12.1 Å². The van der Waals surface area contributed by atoms with Crippen molar-refractivity contribution < 1.29 is 13.2 Å². The SMILES string of the molecule is COc1cc(N2C(=S)N[C@@H](c3ccccn3)[C@H]2c2cc(C)n(Cc3cccnc3)c2C)ccc1NS(C)(=O)=O. The van der Waals surface area contributed by atoms with E-state index in [2.05, 4.69) is 55.5 Å². The summed E-state index contributed by atoms with van der Waals surface area (Å²) in [4.78, 5) is 11.0. The first-order valence-corrected chi connectivity index (χ1v) is 14.7. The van der Waals surface area contributed by atoms with Crippen LogP contribution in [0.1, 0.15) is 40.3 Å². The number of thiocarbonyl (C=S) groups is 1. The number of anilines is 2. The Morgan fingerprint density at radius 3 is 2.59 bits per heavy atom. The van der Waals surface area contributed by atoms with E-state index in [1.807, 2.05) is 36.5 Å². The Balaban J connectivity index is 1.62. The third-order valence-corrected chi connectivity index (χ3v) is 7.76. The minimum Gasteiger partial charge on any atom is -0.494 e. The molecule has 2 atom stereocenters. The normalized spacial score (nSPS) is 17.2. The van der Waals surface area contributed by atoms with Crippen LogP contribution in [0.25, 0.3) is 0 Å². The number of nitrogens with one attached hydrogen (secondary N) is 2. The molecule has 0 radical (unpaired) electrons. The van der Waals surface area contributed by atoms with Gasteiger partial charge in [0, 0.05) is 48.3 Å². The summed E-state index contributed by atoms with van der Waals surface area (Å²) in [5.41, 5.74) is 6.44. The molecule has 1 aliphatic rings. The second kappa shape index (κ2) is 10.7. The van der Waals surface area contributed by atoms with E-state index >= 15 is 0 Å². The minimum atomic E-state index is -3.48. The molecule has 9 nitrogen and oxygen atoms in total. The molecular formula is C28H30N6O3S2. The van der Waals surface area contributed by atoms with Crippen molar-refractivity contribution in [1.82, 2.24) is 19.9 Å². The predicted molar refractivity (Wildman–Crippen MR) is 157 cm³/mol. The third-order valence-electron chi connectivity index (χ3n) is 6.85. The lowest BCUT2D eigenvalue weighted by molar-refractivity contribution is 0.417. The Morgan fingerprint density at radius 1 is 1.10 bits per heavy atom. The molecule has 3 aromatic heterocycles. The molecule has 202 valence electrons. The molecule has 0 amide bonds. The molecule has 1 fully saturated rings. The second-order valence-corrected chi connectivity index (χ2v) is 11.7. The van der Waals surface area contributed by atoms with Gasteiger partial charge in [-0.15, -0.1) is 0 Å². The highest BCUT2D eigenvalue weighted by atomic mass is 32.2. The average molecular weight is 563 g/mol. The summed E-state index contributed by atoms with van der Waals surface area (Å²) in [7, 11) is -1.97. The van der Waals surface area contributed by atoms with Gasteiger partial charge in [0.1, 0.15) is 5.75 Å². The molecular weight excluding hydrogens is 532 g/mol. The van der Waals surface area contributed by atoms with Crippen molar-refractivity contribution in [2.75, 3.05) is 23.0 Å². The Bertz CT molecular complexity index is 1610. The fraction of sp³-hybridized carbons (Fsp3) is 0.250. The van der Waals surface area contributed by atoms with Crippen molar-refractivity contribution >= 4 is 38.7 Å². The van der Waals surface area contributed by atoms with E-state index in [0.29, 0.717) is 23.1 Å². The zero-order valence-electron chi connectivity index (χ0n) is 22.1. The molecule has 4 heterocycles. The topological polar surface area (TPSA) is 101 Å². The van der Waals surface area contributed by atoms with Gasteiger partial charge in [0.15, 0.2) is 5.11 Å². The van der Waals surface area contributed by atoms with E-state index in [0.717, 1.165) is 40.2 Å². The summed E-state index contributed by atoms with van der Waals surface area (Å²) in [5, 5.41) is 4.03. The van der Waals surface area contributed by atoms with Crippen molar-refractivity contribution in [3.05, 3.63) is 101 Å². The van der Waals surface area contributed by atoms with Crippen molar-refractivity contribution in [1.29, 1.82) is 0 Å². The Kier molecular flexibility index (Phi) is 7.28. The number of rotatable bonds is 8. The maximum absolute atomic E-state index is 11.9. The molecule has 0 saturated carbocycles. The van der Waals surface area contributed by atoms with E-state index in [1.165, 1.54) is 7.11 Å². The maximum atomic E-state index is 11.9. The van der Waals surface area contributed by atoms with Gasteiger partial charge in [-0.25, -0.2) is 8.42 Å². The van der Waals surface area contributed by atoms with Gasteiger partial charge < -0.3 is 19.5 Å². The fourth-order valence-corrected chi connectivity index (χ4v) is 6.02. The summed E-state index contributed by atoms with van der Waals surface area (Å²) in [5.74, 6) is 0.391. The number of ether oxygens (including phenoxy) is 1. The first kappa shape index (κ1) is 26.6. The molecule has 11 heteroatoms. The first-order valence-electron chi connectivity index (χ1n) is 12.4. The largest absolute Gasteiger partial charge is 0.494 e. The summed E-state index contributed by atoms with van der Waals surface area (Å²) in [6.07, 6.45) is 6.54. The van der Waals surface area contributed by atoms with Gasteiger partial charge in [-0.2, -0.15) is 0 Å². The van der Waals surface area contributed by atoms with Crippen LogP contribution in [-0.2, 0) is 16.6 Å². The highest BCUT2D eigenvalue weighted by Crippen LogP contribution is 2.44. The number of aryl methyl sites for hydroxylation is 1. The summed E-state index contributed by atoms with van der Waals surface area (Å²) in [6.45, 7) is 4.92. The van der Waals surface area contributed by atoms with Gasteiger partial charge in [0.05, 0.1) is 36.8 Å². The van der Waals surface area contributed by atoms with Gasteiger partial charge in [0.2, 0.25) is 10.0 Å². The highest BCUT2D eigenvalue weighted by molar-refractivity contribution is 7.92. The fourth-order valence-electron chi connectivity index (χ4n) is 5.11. The van der Waals surface area contributed by atoms with Crippen LogP contribution in [0.5, 0.6) is 5.75 Å². The number of hydrogen-bond acceptors (Lipinski definition) is 6. The summed E-state index contributed by atoms with van der Waals surface area (Å²) >= 11 is 5.88. The Morgan fingerprint density at radius 2 is 1.92 bits per heavy atom. The highest BCUT2D eigenvalue weighted by Gasteiger charge is 2.42. The Labute approximate surface area is 233 Å². The van der Waals surface area contributed by atoms with Crippen LogP contribution < -0.4 is 19.7 Å². The number of sulfonamides is 1. The van der Waals surface area contributed by atoms with E-state index in [9.17, 15) is 8.42 Å². The number of hydrogen-bond donors (Lipinski definition) is 2. The van der Waals surface area contributed by atoms with E-state index < -0.39 is 10.0 Å². The molecule has 2 N–H and O–H groups in total. The monoisotopic (exact) mass is 562 g/mol. The van der Waals surface area contributed by atoms with Crippen molar-refractivity contribution in [3.8, 4) is 5.75 Å². The number of methoxy groups -OCH3 is 1. The van der Waals surface area contributed by atoms with Gasteiger partial charge in [0.25, 0.3) is 0 Å². The molecule has 39 heavy (non-hydrogen) atoms. The standard InChI is InChI=1S/C28H30N6O3S2/c1-18-14-22(19(2)33(18)17-20-8-7-12-29-16-20)27-26(24-9-5-6-13-30-24)31-28(38)34(27)21-10-11-23(25(15-21)37-3)32-39(4,35)36/h5-16,26-27,32H,17H2,1-4H3,(H,31,38)/t26-,27+/m0/s1. The minimum absolute atomic E-state index is 0.217. The van der Waals surface area contributed by atoms with Crippen molar-refractivity contribution in [3.63, 3.8) is 0 Å². The number of benzene rings is 1. The summed E-state index contributed by atoms with van der Waals surface area (Å²) in [6, 6.07) is 16.9. The molecule has 0 spiro atoms. The molecule has 1 aliphatic heterocycles. The van der Waals surface area contributed by atoms with Crippen LogP contribution >= 0.6 is 12.2 Å². The molecule has 1 saturated heterocycles. The molecule has 0 aliphatic carbocycles. The van der Waals surface area contributed by atoms with Gasteiger partial charge in [-0.1, -0.05) is 12.1 Å². The van der Waals surface area contributed by atoms with Crippen molar-refractivity contribution in [2.24, 2.45) is 0 Å². The first-order chi connectivity index (χ1) is 18.7. The number of nitrogens with zero attached hydrogens (tertiary/aromatic N) is 4. The second-order valence-electron chi connectivity index (χ2n) is 9.53. The van der Waals surface area contributed by atoms with Gasteiger partial charge in [-0.05, 0) is 73.6 Å². The zero-order chi connectivity index (χ0) is 27.7. The van der Waals surface area contributed by atoms with Crippen LogP contribution in [0, 0.1) is 13.8 Å². The zero-order valence-corrected chi connectivity index (χ0v) is 23.8. The van der Waals surface area contributed by atoms with Crippen LogP contribution in [0.3, 0.4) is 0 Å². The van der Waals surface area contributed by atoms with E-state index in [1.54, 1.807) is 24.5 Å². The molecule has 0 unspecified atom stereocenters. The molecule has 5 rings (SSSR count).